The van der Waals surface area contributed by atoms with Gasteiger partial charge in [-0.05, 0) is 54.4 Å². The Labute approximate surface area is 201 Å². The Bertz CT molecular complexity index is 1580. The number of hydrogen-bond donors (Lipinski definition) is 1. The van der Waals surface area contributed by atoms with Crippen LogP contribution in [0, 0.1) is 5.82 Å². The largest absolute Gasteiger partial charge is 0.497 e. The number of ether oxygens (including phenoxy) is 1. The lowest BCUT2D eigenvalue weighted by Crippen LogP contribution is -2.24. The van der Waals surface area contributed by atoms with E-state index in [0.717, 1.165) is 30.3 Å². The predicted octanol–water partition coefficient (Wildman–Crippen LogP) is 4.18. The Morgan fingerprint density at radius 3 is 2.49 bits per heavy atom. The number of carbonyl (C=O) groups is 1. The molecule has 9 heteroatoms. The van der Waals surface area contributed by atoms with E-state index in [4.69, 9.17) is 4.74 Å². The van der Waals surface area contributed by atoms with Gasteiger partial charge >= 0.3 is 0 Å². The van der Waals surface area contributed by atoms with Gasteiger partial charge in [0.2, 0.25) is 21.2 Å². The van der Waals surface area contributed by atoms with Crippen LogP contribution in [0.4, 0.5) is 10.1 Å². The van der Waals surface area contributed by atoms with Crippen molar-refractivity contribution in [2.45, 2.75) is 29.7 Å². The number of pyridine rings is 1. The minimum atomic E-state index is -4.23. The molecule has 0 saturated carbocycles. The van der Waals surface area contributed by atoms with Crippen molar-refractivity contribution in [3.05, 3.63) is 94.5 Å². The van der Waals surface area contributed by atoms with Crippen molar-refractivity contribution in [2.75, 3.05) is 12.4 Å². The van der Waals surface area contributed by atoms with Gasteiger partial charge in [0.15, 0.2) is 0 Å². The number of aromatic nitrogens is 1. The molecule has 0 bridgehead atoms. The third-order valence-corrected chi connectivity index (χ3v) is 7.37. The van der Waals surface area contributed by atoms with Crippen molar-refractivity contribution >= 4 is 32.3 Å². The van der Waals surface area contributed by atoms with Gasteiger partial charge in [-0.25, -0.2) is 12.8 Å². The summed E-state index contributed by atoms with van der Waals surface area (Å²) in [6.45, 7) is 1.63. The number of nitrogens with zero attached hydrogens (tertiary/aromatic N) is 1. The van der Waals surface area contributed by atoms with Gasteiger partial charge in [-0.15, -0.1) is 0 Å². The molecule has 0 aliphatic rings. The number of nitrogens with one attached hydrogen (secondary N) is 1. The monoisotopic (exact) mass is 494 g/mol. The number of anilines is 1. The zero-order valence-electron chi connectivity index (χ0n) is 19.1. The zero-order chi connectivity index (χ0) is 25.2. The molecule has 0 aliphatic carbocycles. The number of sulfone groups is 1. The molecular weight excluding hydrogens is 471 g/mol. The van der Waals surface area contributed by atoms with Gasteiger partial charge in [-0.1, -0.05) is 25.1 Å². The highest BCUT2D eigenvalue weighted by molar-refractivity contribution is 7.91. The molecule has 0 spiro atoms. The summed E-state index contributed by atoms with van der Waals surface area (Å²) in [5.74, 6) is -0.610. The fraction of sp³-hybridized carbons (Fsp3) is 0.154. The van der Waals surface area contributed by atoms with Crippen LogP contribution in [0.1, 0.15) is 12.5 Å². The minimum Gasteiger partial charge on any atom is -0.497 e. The summed E-state index contributed by atoms with van der Waals surface area (Å²) in [4.78, 5) is 25.4. The fourth-order valence-electron chi connectivity index (χ4n) is 3.75. The maximum absolute atomic E-state index is 14.0. The normalized spacial score (nSPS) is 11.4. The van der Waals surface area contributed by atoms with Crippen LogP contribution in [0.2, 0.25) is 0 Å². The first-order valence-electron chi connectivity index (χ1n) is 10.8. The number of carbonyl (C=O) groups excluding carboxylic acids is 1. The molecule has 180 valence electrons. The van der Waals surface area contributed by atoms with Crippen molar-refractivity contribution in [1.82, 2.24) is 4.57 Å². The quantitative estimate of drug-likeness (QED) is 0.416. The second-order valence-corrected chi connectivity index (χ2v) is 9.81. The van der Waals surface area contributed by atoms with E-state index >= 15 is 0 Å². The average Bonchev–Trinajstić information content (AvgIpc) is 2.85. The molecule has 4 aromatic rings. The van der Waals surface area contributed by atoms with E-state index in [1.807, 2.05) is 6.92 Å². The van der Waals surface area contributed by atoms with Crippen molar-refractivity contribution in [3.63, 3.8) is 0 Å². The Balaban J connectivity index is 1.79. The summed E-state index contributed by atoms with van der Waals surface area (Å²) >= 11 is 0. The molecule has 35 heavy (non-hydrogen) atoms. The maximum atomic E-state index is 14.0. The Morgan fingerprint density at radius 1 is 1.06 bits per heavy atom. The van der Waals surface area contributed by atoms with E-state index in [1.54, 1.807) is 36.4 Å². The average molecular weight is 495 g/mol. The number of hydrogen-bond acceptors (Lipinski definition) is 5. The first-order valence-corrected chi connectivity index (χ1v) is 12.3. The number of amides is 1. The van der Waals surface area contributed by atoms with Crippen LogP contribution in [0.3, 0.4) is 0 Å². The van der Waals surface area contributed by atoms with E-state index in [9.17, 15) is 22.4 Å². The molecule has 0 unspecified atom stereocenters. The number of methoxy groups -OCH3 is 1. The summed E-state index contributed by atoms with van der Waals surface area (Å²) in [5, 5.41) is 2.58. The highest BCUT2D eigenvalue weighted by Crippen LogP contribution is 2.23. The topological polar surface area (TPSA) is 94.5 Å². The summed E-state index contributed by atoms with van der Waals surface area (Å²) < 4.78 is 47.2. The van der Waals surface area contributed by atoms with Crippen molar-refractivity contribution in [1.29, 1.82) is 0 Å². The van der Waals surface area contributed by atoms with Crippen LogP contribution >= 0.6 is 0 Å². The molecule has 0 radical (unpaired) electrons. The Hall–Kier alpha value is -3.98. The summed E-state index contributed by atoms with van der Waals surface area (Å²) in [6, 6.07) is 16.4. The molecule has 1 aromatic heterocycles. The molecule has 0 fully saturated rings. The lowest BCUT2D eigenvalue weighted by Gasteiger charge is -2.14. The summed E-state index contributed by atoms with van der Waals surface area (Å²) in [5.41, 5.74) is 0.826. The molecule has 0 atom stereocenters. The molecular formula is C26H23FN2O5S. The van der Waals surface area contributed by atoms with Gasteiger partial charge in [0, 0.05) is 23.3 Å². The van der Waals surface area contributed by atoms with Gasteiger partial charge in [-0.2, -0.15) is 0 Å². The fourth-order valence-corrected chi connectivity index (χ4v) is 5.12. The third-order valence-electron chi connectivity index (χ3n) is 5.61. The first kappa shape index (κ1) is 24.2. The van der Waals surface area contributed by atoms with E-state index in [-0.39, 0.29) is 22.3 Å². The molecule has 0 saturated heterocycles. The van der Waals surface area contributed by atoms with E-state index < -0.39 is 31.9 Å². The molecule has 3 aromatic carbocycles. The standard InChI is InChI=1S/C26H23FN2O5S/c1-3-17-7-10-21(11-8-17)35(32,33)24-15-29(23-12-9-18(27)13-22(23)26(24)31)16-25(30)28-19-5-4-6-20(14-19)34-2/h4-15H,3,16H2,1-2H3,(H,28,30). The van der Waals surface area contributed by atoms with Gasteiger partial charge in [0.1, 0.15) is 23.0 Å². The predicted molar refractivity (Wildman–Crippen MR) is 131 cm³/mol. The number of fused-ring (bicyclic) bond motifs is 1. The summed E-state index contributed by atoms with van der Waals surface area (Å²) in [6.07, 6.45) is 1.86. The Kier molecular flexibility index (Phi) is 6.70. The number of aryl methyl sites for hydroxylation is 1. The molecule has 4 rings (SSSR count). The lowest BCUT2D eigenvalue weighted by molar-refractivity contribution is -0.116. The molecule has 1 heterocycles. The maximum Gasteiger partial charge on any atom is 0.244 e. The van der Waals surface area contributed by atoms with E-state index in [1.165, 1.54) is 29.9 Å². The second kappa shape index (κ2) is 9.71. The minimum absolute atomic E-state index is 0.0602. The molecule has 7 nitrogen and oxygen atoms in total. The van der Waals surface area contributed by atoms with Crippen LogP contribution in [0.25, 0.3) is 10.9 Å². The highest BCUT2D eigenvalue weighted by atomic mass is 32.2. The Morgan fingerprint density at radius 2 is 1.80 bits per heavy atom. The van der Waals surface area contributed by atoms with E-state index in [0.29, 0.717) is 11.4 Å². The van der Waals surface area contributed by atoms with Gasteiger partial charge in [0.25, 0.3) is 0 Å². The van der Waals surface area contributed by atoms with Crippen molar-refractivity contribution in [2.24, 2.45) is 0 Å². The van der Waals surface area contributed by atoms with Crippen LogP contribution < -0.4 is 15.5 Å². The molecule has 1 amide bonds. The van der Waals surface area contributed by atoms with Crippen LogP contribution in [0.5, 0.6) is 5.75 Å². The molecule has 0 aliphatic heterocycles. The molecule has 1 N–H and O–H groups in total. The van der Waals surface area contributed by atoms with Gasteiger partial charge in [-0.3, -0.25) is 9.59 Å². The lowest BCUT2D eigenvalue weighted by atomic mass is 10.2. The zero-order valence-corrected chi connectivity index (χ0v) is 19.9. The van der Waals surface area contributed by atoms with Crippen molar-refractivity contribution < 1.29 is 22.3 Å². The third kappa shape index (κ3) is 4.95. The number of halogens is 1. The summed E-state index contributed by atoms with van der Waals surface area (Å²) in [7, 11) is -2.72. The number of rotatable bonds is 7. The van der Waals surface area contributed by atoms with E-state index in [2.05, 4.69) is 5.32 Å². The van der Waals surface area contributed by atoms with Crippen LogP contribution in [-0.4, -0.2) is 26.0 Å². The first-order chi connectivity index (χ1) is 16.7. The van der Waals surface area contributed by atoms with Gasteiger partial charge < -0.3 is 14.6 Å². The van der Waals surface area contributed by atoms with Crippen LogP contribution in [-0.2, 0) is 27.6 Å². The van der Waals surface area contributed by atoms with Crippen molar-refractivity contribution in [3.8, 4) is 5.75 Å². The smallest absolute Gasteiger partial charge is 0.244 e. The second-order valence-electron chi connectivity index (χ2n) is 7.89. The SMILES string of the molecule is CCc1ccc(S(=O)(=O)c2cn(CC(=O)Nc3cccc(OC)c3)c3ccc(F)cc3c2=O)cc1. The highest BCUT2D eigenvalue weighted by Gasteiger charge is 2.24. The van der Waals surface area contributed by atoms with Crippen LogP contribution in [0.15, 0.2) is 87.5 Å². The number of benzene rings is 3. The van der Waals surface area contributed by atoms with Gasteiger partial charge in [0.05, 0.1) is 17.5 Å².